The molecule has 0 saturated heterocycles. The van der Waals surface area contributed by atoms with E-state index in [1.165, 1.54) is 11.3 Å². The van der Waals surface area contributed by atoms with Crippen molar-refractivity contribution in [3.63, 3.8) is 0 Å². The highest BCUT2D eigenvalue weighted by Gasteiger charge is 2.25. The molecule has 3 N–H and O–H groups in total. The van der Waals surface area contributed by atoms with E-state index in [0.29, 0.717) is 5.13 Å². The van der Waals surface area contributed by atoms with Crippen LogP contribution in [0.4, 0.5) is 9.93 Å². The van der Waals surface area contributed by atoms with E-state index >= 15 is 0 Å². The Morgan fingerprint density at radius 2 is 1.59 bits per heavy atom. The molecule has 2 aromatic heterocycles. The average Bonchev–Trinajstić information content (AvgIpc) is 3.57. The molecule has 8 heteroatoms. The van der Waals surface area contributed by atoms with Gasteiger partial charge in [-0.1, -0.05) is 104 Å². The molecule has 5 rings (SSSR count). The standard InChI is InChI=1S/C31H30N4O3S/c1-20(2)19-38-31(37)33-26(17-23-18-32-25-16-10-9-15-24(23)25)29(36)35-30-34-27(21-11-5-3-6-12-21)28(39-30)22-13-7-4-8-14-22/h3-16,18,20,26,32H,17,19H2,1-2H3,(H,33,37)(H,34,35,36)/t26-/m1/s1. The number of thiazole rings is 1. The molecule has 0 aliphatic heterocycles. The maximum Gasteiger partial charge on any atom is 0.407 e. The van der Waals surface area contributed by atoms with Crippen LogP contribution in [0.3, 0.4) is 0 Å². The molecule has 2 heterocycles. The van der Waals surface area contributed by atoms with Crippen molar-refractivity contribution in [1.29, 1.82) is 0 Å². The Hall–Kier alpha value is -4.43. The van der Waals surface area contributed by atoms with Gasteiger partial charge in [0.05, 0.1) is 17.2 Å². The summed E-state index contributed by atoms with van der Waals surface area (Å²) in [6.45, 7) is 4.18. The van der Waals surface area contributed by atoms with Crippen LogP contribution in [0.25, 0.3) is 32.6 Å². The van der Waals surface area contributed by atoms with Gasteiger partial charge in [0.2, 0.25) is 5.91 Å². The maximum absolute atomic E-state index is 13.6. The number of nitrogens with zero attached hydrogens (tertiary/aromatic N) is 1. The Morgan fingerprint density at radius 1 is 0.923 bits per heavy atom. The first kappa shape index (κ1) is 26.2. The van der Waals surface area contributed by atoms with Crippen LogP contribution in [-0.2, 0) is 16.0 Å². The van der Waals surface area contributed by atoms with Crippen molar-refractivity contribution in [2.45, 2.75) is 26.3 Å². The van der Waals surface area contributed by atoms with Gasteiger partial charge in [-0.05, 0) is 23.1 Å². The van der Waals surface area contributed by atoms with Crippen LogP contribution in [0.15, 0.2) is 91.1 Å². The van der Waals surface area contributed by atoms with Crippen molar-refractivity contribution in [1.82, 2.24) is 15.3 Å². The van der Waals surface area contributed by atoms with Crippen LogP contribution in [0.2, 0.25) is 0 Å². The lowest BCUT2D eigenvalue weighted by atomic mass is 10.0. The van der Waals surface area contributed by atoms with Gasteiger partial charge >= 0.3 is 6.09 Å². The second-order valence-corrected chi connectivity index (χ2v) is 10.7. The van der Waals surface area contributed by atoms with Crippen LogP contribution >= 0.6 is 11.3 Å². The molecular weight excluding hydrogens is 508 g/mol. The van der Waals surface area contributed by atoms with Crippen LogP contribution < -0.4 is 10.6 Å². The van der Waals surface area contributed by atoms with Crippen molar-refractivity contribution in [3.8, 4) is 21.7 Å². The Morgan fingerprint density at radius 3 is 2.31 bits per heavy atom. The van der Waals surface area contributed by atoms with Gasteiger partial charge in [-0.3, -0.25) is 4.79 Å². The molecule has 0 aliphatic rings. The lowest BCUT2D eigenvalue weighted by Crippen LogP contribution is -2.45. The molecule has 1 atom stereocenters. The van der Waals surface area contributed by atoms with E-state index in [1.807, 2.05) is 105 Å². The molecule has 0 radical (unpaired) electrons. The number of fused-ring (bicyclic) bond motifs is 1. The Bertz CT molecular complexity index is 1500. The molecule has 2 amide bonds. The third-order valence-corrected chi connectivity index (χ3v) is 7.22. The normalized spacial score (nSPS) is 11.9. The summed E-state index contributed by atoms with van der Waals surface area (Å²) < 4.78 is 5.33. The first-order valence-electron chi connectivity index (χ1n) is 12.9. The van der Waals surface area contributed by atoms with E-state index < -0.39 is 12.1 Å². The van der Waals surface area contributed by atoms with Crippen molar-refractivity contribution >= 4 is 39.4 Å². The third-order valence-electron chi connectivity index (χ3n) is 6.20. The minimum atomic E-state index is -0.867. The topological polar surface area (TPSA) is 96.1 Å². The summed E-state index contributed by atoms with van der Waals surface area (Å²) in [5.74, 6) is -0.186. The monoisotopic (exact) mass is 538 g/mol. The third kappa shape index (κ3) is 6.35. The van der Waals surface area contributed by atoms with Crippen LogP contribution in [-0.4, -0.2) is 34.6 Å². The van der Waals surface area contributed by atoms with E-state index in [-0.39, 0.29) is 24.9 Å². The number of hydrogen-bond donors (Lipinski definition) is 3. The molecule has 0 saturated carbocycles. The summed E-state index contributed by atoms with van der Waals surface area (Å²) in [4.78, 5) is 35.2. The predicted molar refractivity (Wildman–Crippen MR) is 157 cm³/mol. The molecule has 3 aromatic carbocycles. The summed E-state index contributed by atoms with van der Waals surface area (Å²) in [5, 5.41) is 7.19. The van der Waals surface area contributed by atoms with Gasteiger partial charge in [-0.15, -0.1) is 0 Å². The number of nitrogens with one attached hydrogen (secondary N) is 3. The number of ether oxygens (including phenoxy) is 1. The molecule has 39 heavy (non-hydrogen) atoms. The summed E-state index contributed by atoms with van der Waals surface area (Å²) >= 11 is 1.40. The molecular formula is C31H30N4O3S. The van der Waals surface area contributed by atoms with Crippen molar-refractivity contribution in [3.05, 3.63) is 96.7 Å². The van der Waals surface area contributed by atoms with E-state index in [1.54, 1.807) is 0 Å². The van der Waals surface area contributed by atoms with Gasteiger partial charge in [0.15, 0.2) is 5.13 Å². The zero-order valence-corrected chi connectivity index (χ0v) is 22.6. The maximum atomic E-state index is 13.6. The molecule has 0 spiro atoms. The fourth-order valence-electron chi connectivity index (χ4n) is 4.30. The Balaban J connectivity index is 1.43. The fraction of sp³-hybridized carbons (Fsp3) is 0.194. The number of hydrogen-bond acceptors (Lipinski definition) is 5. The molecule has 0 aliphatic carbocycles. The predicted octanol–water partition coefficient (Wildman–Crippen LogP) is 6.89. The lowest BCUT2D eigenvalue weighted by molar-refractivity contribution is -0.118. The summed E-state index contributed by atoms with van der Waals surface area (Å²) in [7, 11) is 0. The number of rotatable bonds is 9. The number of aromatic nitrogens is 2. The Labute approximate surface area is 231 Å². The highest BCUT2D eigenvalue weighted by molar-refractivity contribution is 7.19. The van der Waals surface area contributed by atoms with Gasteiger partial charge in [-0.25, -0.2) is 9.78 Å². The summed E-state index contributed by atoms with van der Waals surface area (Å²) in [6, 6.07) is 26.9. The number of alkyl carbamates (subject to hydrolysis) is 1. The smallest absolute Gasteiger partial charge is 0.407 e. The summed E-state index contributed by atoms with van der Waals surface area (Å²) in [5.41, 5.74) is 4.65. The Kier molecular flexibility index (Phi) is 8.03. The number of carbonyl (C=O) groups excluding carboxylic acids is 2. The number of anilines is 1. The van der Waals surface area contributed by atoms with Crippen LogP contribution in [0, 0.1) is 5.92 Å². The minimum Gasteiger partial charge on any atom is -0.449 e. The second-order valence-electron chi connectivity index (χ2n) is 9.67. The van der Waals surface area contributed by atoms with Crippen molar-refractivity contribution in [2.75, 3.05) is 11.9 Å². The highest BCUT2D eigenvalue weighted by Crippen LogP contribution is 2.39. The fourth-order valence-corrected chi connectivity index (χ4v) is 5.29. The van der Waals surface area contributed by atoms with Crippen LogP contribution in [0.5, 0.6) is 0 Å². The van der Waals surface area contributed by atoms with E-state index in [4.69, 9.17) is 9.72 Å². The molecule has 0 unspecified atom stereocenters. The molecule has 0 fully saturated rings. The molecule has 5 aromatic rings. The first-order valence-corrected chi connectivity index (χ1v) is 13.7. The SMILES string of the molecule is CC(C)COC(=O)N[C@H](Cc1c[nH]c2ccccc12)C(=O)Nc1nc(-c2ccccc2)c(-c2ccccc2)s1. The molecule has 0 bridgehead atoms. The lowest BCUT2D eigenvalue weighted by Gasteiger charge is -2.18. The van der Waals surface area contributed by atoms with Gasteiger partial charge in [0, 0.05) is 29.1 Å². The van der Waals surface area contributed by atoms with E-state index in [0.717, 1.165) is 38.2 Å². The number of amides is 2. The zero-order chi connectivity index (χ0) is 27.2. The van der Waals surface area contributed by atoms with Crippen molar-refractivity contribution < 1.29 is 14.3 Å². The minimum absolute atomic E-state index is 0.180. The molecule has 198 valence electrons. The average molecular weight is 539 g/mol. The first-order chi connectivity index (χ1) is 19.0. The van der Waals surface area contributed by atoms with E-state index in [2.05, 4.69) is 15.6 Å². The van der Waals surface area contributed by atoms with Crippen molar-refractivity contribution in [2.24, 2.45) is 5.92 Å². The zero-order valence-electron chi connectivity index (χ0n) is 21.8. The quantitative estimate of drug-likeness (QED) is 0.190. The molecule has 7 nitrogen and oxygen atoms in total. The number of aromatic amines is 1. The number of H-pyrrole nitrogens is 1. The number of para-hydroxylation sites is 1. The number of carbonyl (C=O) groups is 2. The summed E-state index contributed by atoms with van der Waals surface area (Å²) in [6.07, 6.45) is 1.53. The van der Waals surface area contributed by atoms with E-state index in [9.17, 15) is 9.59 Å². The largest absolute Gasteiger partial charge is 0.449 e. The highest BCUT2D eigenvalue weighted by atomic mass is 32.1. The number of benzene rings is 3. The van der Waals surface area contributed by atoms with Crippen LogP contribution in [0.1, 0.15) is 19.4 Å². The van der Waals surface area contributed by atoms with Gasteiger partial charge in [-0.2, -0.15) is 0 Å². The van der Waals surface area contributed by atoms with Gasteiger partial charge in [0.1, 0.15) is 6.04 Å². The second kappa shape index (κ2) is 12.0. The van der Waals surface area contributed by atoms with Gasteiger partial charge in [0.25, 0.3) is 0 Å². The van der Waals surface area contributed by atoms with Gasteiger partial charge < -0.3 is 20.4 Å².